The molecular formula is C56H47N3. The molecule has 0 aliphatic heterocycles. The Kier molecular flexibility index (Phi) is 7.68. The highest BCUT2D eigenvalue weighted by Gasteiger charge is 2.22. The van der Waals surface area contributed by atoms with E-state index in [2.05, 4.69) is 231 Å². The molecule has 3 heteroatoms. The van der Waals surface area contributed by atoms with E-state index in [1.165, 1.54) is 82.1 Å². The summed E-state index contributed by atoms with van der Waals surface area (Å²) in [5, 5.41) is 7.61. The Morgan fingerprint density at radius 1 is 0.271 bits per heavy atom. The number of benzene rings is 8. The first-order valence-electron chi connectivity index (χ1n) is 20.9. The SMILES string of the molecule is CC(C)(C)c1ccc2c(c1)c1ccccc1n2-c1cccc(-c2cc(-n3c4ccccc4c4ccccc43)cc(-n3c4ccccc4c4cc(C(C)(C)C)ccc43)c2)c1. The Bertz CT molecular complexity index is 3410. The van der Waals surface area contributed by atoms with Crippen LogP contribution in [0.3, 0.4) is 0 Å². The van der Waals surface area contributed by atoms with Crippen LogP contribution in [-0.2, 0) is 10.8 Å². The molecule has 59 heavy (non-hydrogen) atoms. The van der Waals surface area contributed by atoms with Gasteiger partial charge in [0.25, 0.3) is 0 Å². The summed E-state index contributed by atoms with van der Waals surface area (Å²) in [5.41, 5.74) is 15.7. The molecule has 0 bridgehead atoms. The van der Waals surface area contributed by atoms with Gasteiger partial charge in [-0.2, -0.15) is 0 Å². The van der Waals surface area contributed by atoms with Gasteiger partial charge in [-0.25, -0.2) is 0 Å². The highest BCUT2D eigenvalue weighted by atomic mass is 15.0. The molecule has 3 nitrogen and oxygen atoms in total. The molecule has 0 radical (unpaired) electrons. The lowest BCUT2D eigenvalue weighted by molar-refractivity contribution is 0.591. The van der Waals surface area contributed by atoms with Crippen LogP contribution in [0.15, 0.2) is 176 Å². The van der Waals surface area contributed by atoms with Crippen LogP contribution >= 0.6 is 0 Å². The quantitative estimate of drug-likeness (QED) is 0.170. The summed E-state index contributed by atoms with van der Waals surface area (Å²) in [6, 6.07) is 65.7. The van der Waals surface area contributed by atoms with Gasteiger partial charge in [0, 0.05) is 49.4 Å². The molecule has 0 aliphatic rings. The van der Waals surface area contributed by atoms with Crippen molar-refractivity contribution < 1.29 is 0 Å². The van der Waals surface area contributed by atoms with Crippen molar-refractivity contribution >= 4 is 65.4 Å². The molecule has 0 spiro atoms. The Labute approximate surface area is 345 Å². The topological polar surface area (TPSA) is 14.8 Å². The maximum atomic E-state index is 2.47. The summed E-state index contributed by atoms with van der Waals surface area (Å²) in [6.45, 7) is 13.8. The highest BCUT2D eigenvalue weighted by molar-refractivity contribution is 6.12. The second-order valence-electron chi connectivity index (χ2n) is 18.3. The molecule has 0 fully saturated rings. The molecule has 286 valence electrons. The highest BCUT2D eigenvalue weighted by Crippen LogP contribution is 2.41. The van der Waals surface area contributed by atoms with E-state index in [0.29, 0.717) is 0 Å². The third-order valence-corrected chi connectivity index (χ3v) is 12.5. The van der Waals surface area contributed by atoms with Crippen molar-refractivity contribution in [3.63, 3.8) is 0 Å². The molecule has 0 saturated carbocycles. The van der Waals surface area contributed by atoms with Gasteiger partial charge >= 0.3 is 0 Å². The fourth-order valence-corrected chi connectivity index (χ4v) is 9.48. The molecule has 0 amide bonds. The van der Waals surface area contributed by atoms with Crippen molar-refractivity contribution in [1.82, 2.24) is 13.7 Å². The van der Waals surface area contributed by atoms with Crippen LogP contribution in [0.5, 0.6) is 0 Å². The van der Waals surface area contributed by atoms with Gasteiger partial charge in [0.1, 0.15) is 0 Å². The van der Waals surface area contributed by atoms with E-state index in [1.807, 2.05) is 0 Å². The van der Waals surface area contributed by atoms with Crippen LogP contribution in [0.25, 0.3) is 93.6 Å². The maximum Gasteiger partial charge on any atom is 0.0541 e. The van der Waals surface area contributed by atoms with Crippen molar-refractivity contribution in [1.29, 1.82) is 0 Å². The standard InChI is InChI=1S/C56H47N3/c1-55(2,3)38-26-28-53-47(33-38)45-20-9-13-24-51(45)57(53)40-17-15-16-36(30-40)37-31-41(58-49-22-11-7-18-43(49)44-19-8-12-23-50(44)58)35-42(32-37)59-52-25-14-10-21-46(52)48-34-39(56(4,5)6)27-29-54(48)59/h7-35H,1-6H3. The lowest BCUT2D eigenvalue weighted by Gasteiger charge is -2.19. The zero-order chi connectivity index (χ0) is 40.2. The lowest BCUT2D eigenvalue weighted by atomic mass is 9.86. The predicted octanol–water partition coefficient (Wildman–Crippen LogP) is 15.2. The van der Waals surface area contributed by atoms with E-state index >= 15 is 0 Å². The van der Waals surface area contributed by atoms with E-state index in [-0.39, 0.29) is 10.8 Å². The van der Waals surface area contributed by atoms with Crippen LogP contribution in [0, 0.1) is 0 Å². The Hall–Kier alpha value is -6.84. The van der Waals surface area contributed by atoms with Gasteiger partial charge in [0.15, 0.2) is 0 Å². The van der Waals surface area contributed by atoms with Crippen LogP contribution in [0.2, 0.25) is 0 Å². The number of rotatable bonds is 4. The van der Waals surface area contributed by atoms with Gasteiger partial charge in [-0.15, -0.1) is 0 Å². The van der Waals surface area contributed by atoms with Crippen LogP contribution in [-0.4, -0.2) is 13.7 Å². The minimum Gasteiger partial charge on any atom is -0.309 e. The predicted molar refractivity (Wildman–Crippen MR) is 252 cm³/mol. The fraction of sp³-hybridized carbons (Fsp3) is 0.143. The van der Waals surface area contributed by atoms with Gasteiger partial charge in [-0.1, -0.05) is 139 Å². The van der Waals surface area contributed by atoms with E-state index in [4.69, 9.17) is 0 Å². The van der Waals surface area contributed by atoms with E-state index < -0.39 is 0 Å². The largest absolute Gasteiger partial charge is 0.309 e. The first-order valence-corrected chi connectivity index (χ1v) is 20.9. The van der Waals surface area contributed by atoms with Crippen molar-refractivity contribution in [3.05, 3.63) is 187 Å². The minimum atomic E-state index is 0.0390. The number of nitrogens with zero attached hydrogens (tertiary/aromatic N) is 3. The molecular weight excluding hydrogens is 715 g/mol. The normalized spacial score (nSPS) is 12.6. The average Bonchev–Trinajstić information content (AvgIpc) is 3.88. The third-order valence-electron chi connectivity index (χ3n) is 12.5. The first kappa shape index (κ1) is 35.3. The van der Waals surface area contributed by atoms with Gasteiger partial charge in [0.2, 0.25) is 0 Å². The molecule has 0 unspecified atom stereocenters. The van der Waals surface area contributed by atoms with Crippen LogP contribution < -0.4 is 0 Å². The first-order chi connectivity index (χ1) is 28.5. The molecule has 3 aromatic heterocycles. The molecule has 0 aliphatic carbocycles. The zero-order valence-corrected chi connectivity index (χ0v) is 34.6. The zero-order valence-electron chi connectivity index (χ0n) is 34.6. The van der Waals surface area contributed by atoms with Crippen LogP contribution in [0.1, 0.15) is 52.7 Å². The molecule has 11 rings (SSSR count). The summed E-state index contributed by atoms with van der Waals surface area (Å²) in [7, 11) is 0. The second kappa shape index (κ2) is 12.8. The Balaban J connectivity index is 1.19. The third kappa shape index (κ3) is 5.56. The van der Waals surface area contributed by atoms with E-state index in [0.717, 1.165) is 22.6 Å². The molecule has 3 heterocycles. The Morgan fingerprint density at radius 2 is 0.627 bits per heavy atom. The van der Waals surface area contributed by atoms with Gasteiger partial charge < -0.3 is 13.7 Å². The Morgan fingerprint density at radius 3 is 1.05 bits per heavy atom. The minimum absolute atomic E-state index is 0.0390. The van der Waals surface area contributed by atoms with Crippen molar-refractivity contribution in [3.8, 4) is 28.2 Å². The number of hydrogen-bond acceptors (Lipinski definition) is 0. The van der Waals surface area contributed by atoms with Crippen molar-refractivity contribution in [2.45, 2.75) is 52.4 Å². The summed E-state index contributed by atoms with van der Waals surface area (Å²) in [5.74, 6) is 0. The van der Waals surface area contributed by atoms with Crippen LogP contribution in [0.4, 0.5) is 0 Å². The summed E-state index contributed by atoms with van der Waals surface area (Å²) in [4.78, 5) is 0. The summed E-state index contributed by atoms with van der Waals surface area (Å²) < 4.78 is 7.37. The molecule has 0 saturated heterocycles. The molecule has 0 atom stereocenters. The molecule has 8 aromatic carbocycles. The average molecular weight is 762 g/mol. The van der Waals surface area contributed by atoms with Crippen molar-refractivity contribution in [2.24, 2.45) is 0 Å². The van der Waals surface area contributed by atoms with Gasteiger partial charge in [-0.05, 0) is 112 Å². The summed E-state index contributed by atoms with van der Waals surface area (Å²) >= 11 is 0. The smallest absolute Gasteiger partial charge is 0.0541 e. The van der Waals surface area contributed by atoms with E-state index in [1.54, 1.807) is 0 Å². The number of fused-ring (bicyclic) bond motifs is 9. The fourth-order valence-electron chi connectivity index (χ4n) is 9.48. The monoisotopic (exact) mass is 761 g/mol. The molecule has 11 aromatic rings. The second-order valence-corrected chi connectivity index (χ2v) is 18.3. The maximum absolute atomic E-state index is 2.47. The lowest BCUT2D eigenvalue weighted by Crippen LogP contribution is -2.10. The molecule has 0 N–H and O–H groups in total. The number of para-hydroxylation sites is 4. The van der Waals surface area contributed by atoms with Gasteiger partial charge in [0.05, 0.1) is 33.1 Å². The van der Waals surface area contributed by atoms with Crippen molar-refractivity contribution in [2.75, 3.05) is 0 Å². The summed E-state index contributed by atoms with van der Waals surface area (Å²) in [6.07, 6.45) is 0. The number of aromatic nitrogens is 3. The number of hydrogen-bond donors (Lipinski definition) is 0. The van der Waals surface area contributed by atoms with E-state index in [9.17, 15) is 0 Å². The van der Waals surface area contributed by atoms with Gasteiger partial charge in [-0.3, -0.25) is 0 Å².